The van der Waals surface area contributed by atoms with Crippen LogP contribution in [0.25, 0.3) is 0 Å². The molecule has 0 bridgehead atoms. The average Bonchev–Trinajstić information content (AvgIpc) is 2.72. The Kier molecular flexibility index (Phi) is 5.42. The van der Waals surface area contributed by atoms with E-state index in [4.69, 9.17) is 5.73 Å². The minimum Gasteiger partial charge on any atom is -0.313 e. The minimum absolute atomic E-state index is 0.394. The van der Waals surface area contributed by atoms with E-state index < -0.39 is 5.54 Å². The smallest absolute Gasteiger partial charge is 0.107 e. The SMILES string of the molecule is CCC(C)N(CC)CCC1CCCC1(N)C#N. The molecule has 98 valence electrons. The third-order valence-corrected chi connectivity index (χ3v) is 4.46. The second kappa shape index (κ2) is 6.37. The summed E-state index contributed by atoms with van der Waals surface area (Å²) < 4.78 is 0. The van der Waals surface area contributed by atoms with Gasteiger partial charge in [-0.05, 0) is 51.6 Å². The molecule has 3 atom stereocenters. The lowest BCUT2D eigenvalue weighted by Crippen LogP contribution is -2.43. The van der Waals surface area contributed by atoms with Gasteiger partial charge < -0.3 is 10.6 Å². The Labute approximate surface area is 106 Å². The highest BCUT2D eigenvalue weighted by Gasteiger charge is 2.39. The van der Waals surface area contributed by atoms with Gasteiger partial charge in [-0.15, -0.1) is 0 Å². The fourth-order valence-corrected chi connectivity index (χ4v) is 2.92. The van der Waals surface area contributed by atoms with E-state index in [1.807, 2.05) is 0 Å². The average molecular weight is 237 g/mol. The monoisotopic (exact) mass is 237 g/mol. The Bertz CT molecular complexity index is 271. The van der Waals surface area contributed by atoms with Gasteiger partial charge in [0.05, 0.1) is 6.07 Å². The molecule has 0 radical (unpaired) electrons. The Morgan fingerprint density at radius 3 is 2.76 bits per heavy atom. The third-order valence-electron chi connectivity index (χ3n) is 4.46. The van der Waals surface area contributed by atoms with E-state index in [1.165, 1.54) is 6.42 Å². The zero-order valence-electron chi connectivity index (χ0n) is 11.6. The first-order valence-corrected chi connectivity index (χ1v) is 7.01. The minimum atomic E-state index is -0.547. The van der Waals surface area contributed by atoms with Crippen molar-refractivity contribution in [3.05, 3.63) is 0 Å². The van der Waals surface area contributed by atoms with Gasteiger partial charge in [-0.3, -0.25) is 0 Å². The van der Waals surface area contributed by atoms with Crippen LogP contribution in [0.1, 0.15) is 52.9 Å². The zero-order chi connectivity index (χ0) is 12.9. The standard InChI is InChI=1S/C14H27N3/c1-4-12(3)17(5-2)10-8-13-7-6-9-14(13,16)11-15/h12-13H,4-10,16H2,1-3H3. The van der Waals surface area contributed by atoms with Crippen LogP contribution in [0.15, 0.2) is 0 Å². The maximum absolute atomic E-state index is 9.18. The topological polar surface area (TPSA) is 53.0 Å². The van der Waals surface area contributed by atoms with Gasteiger partial charge in [0.2, 0.25) is 0 Å². The van der Waals surface area contributed by atoms with Gasteiger partial charge in [0.25, 0.3) is 0 Å². The number of nitriles is 1. The molecular weight excluding hydrogens is 210 g/mol. The predicted octanol–water partition coefficient (Wildman–Crippen LogP) is 2.52. The number of nitrogens with zero attached hydrogens (tertiary/aromatic N) is 2. The molecule has 0 aromatic rings. The number of rotatable bonds is 6. The van der Waals surface area contributed by atoms with Crippen molar-refractivity contribution in [3.8, 4) is 6.07 Å². The lowest BCUT2D eigenvalue weighted by Gasteiger charge is -2.30. The Hall–Kier alpha value is -0.590. The van der Waals surface area contributed by atoms with Crippen molar-refractivity contribution in [2.45, 2.75) is 64.5 Å². The van der Waals surface area contributed by atoms with Gasteiger partial charge in [-0.2, -0.15) is 5.26 Å². The molecule has 1 aliphatic rings. The van der Waals surface area contributed by atoms with Gasteiger partial charge in [0, 0.05) is 6.04 Å². The molecule has 0 amide bonds. The maximum Gasteiger partial charge on any atom is 0.107 e. The van der Waals surface area contributed by atoms with E-state index in [0.717, 1.165) is 38.8 Å². The predicted molar refractivity (Wildman–Crippen MR) is 71.5 cm³/mol. The summed E-state index contributed by atoms with van der Waals surface area (Å²) in [6.07, 6.45) is 5.38. The maximum atomic E-state index is 9.18. The molecule has 3 nitrogen and oxygen atoms in total. The van der Waals surface area contributed by atoms with Gasteiger partial charge in [0.1, 0.15) is 5.54 Å². The third kappa shape index (κ3) is 3.43. The molecule has 0 aliphatic heterocycles. The Morgan fingerprint density at radius 1 is 1.53 bits per heavy atom. The molecule has 0 aromatic carbocycles. The second-order valence-corrected chi connectivity index (χ2v) is 5.42. The summed E-state index contributed by atoms with van der Waals surface area (Å²) in [6.45, 7) is 8.88. The molecule has 3 heteroatoms. The molecule has 1 saturated carbocycles. The highest BCUT2D eigenvalue weighted by molar-refractivity contribution is 5.11. The molecule has 0 heterocycles. The summed E-state index contributed by atoms with van der Waals surface area (Å²) in [5, 5.41) is 9.18. The Morgan fingerprint density at radius 2 is 2.24 bits per heavy atom. The van der Waals surface area contributed by atoms with Crippen LogP contribution in [-0.4, -0.2) is 29.6 Å². The molecule has 2 N–H and O–H groups in total. The van der Waals surface area contributed by atoms with Crippen LogP contribution < -0.4 is 5.73 Å². The van der Waals surface area contributed by atoms with Crippen LogP contribution in [0.3, 0.4) is 0 Å². The molecule has 17 heavy (non-hydrogen) atoms. The second-order valence-electron chi connectivity index (χ2n) is 5.42. The van der Waals surface area contributed by atoms with Gasteiger partial charge in [-0.25, -0.2) is 0 Å². The van der Waals surface area contributed by atoms with Crippen LogP contribution in [0.4, 0.5) is 0 Å². The van der Waals surface area contributed by atoms with E-state index in [9.17, 15) is 5.26 Å². The van der Waals surface area contributed by atoms with Crippen LogP contribution in [0, 0.1) is 17.2 Å². The quantitative estimate of drug-likeness (QED) is 0.772. The number of hydrogen-bond acceptors (Lipinski definition) is 3. The van der Waals surface area contributed by atoms with Crippen molar-refractivity contribution in [2.24, 2.45) is 11.7 Å². The highest BCUT2D eigenvalue weighted by Crippen LogP contribution is 2.35. The number of nitrogens with two attached hydrogens (primary N) is 1. The van der Waals surface area contributed by atoms with E-state index in [0.29, 0.717) is 12.0 Å². The van der Waals surface area contributed by atoms with Gasteiger partial charge >= 0.3 is 0 Å². The molecule has 0 spiro atoms. The van der Waals surface area contributed by atoms with Crippen LogP contribution in [0.2, 0.25) is 0 Å². The van der Waals surface area contributed by atoms with E-state index in [2.05, 4.69) is 31.7 Å². The normalized spacial score (nSPS) is 30.5. The molecule has 1 aliphatic carbocycles. The molecule has 1 fully saturated rings. The molecule has 0 saturated heterocycles. The van der Waals surface area contributed by atoms with E-state index >= 15 is 0 Å². The first kappa shape index (κ1) is 14.5. The van der Waals surface area contributed by atoms with Crippen molar-refractivity contribution in [2.75, 3.05) is 13.1 Å². The summed E-state index contributed by atoms with van der Waals surface area (Å²) in [6, 6.07) is 2.97. The molecule has 3 unspecified atom stereocenters. The summed E-state index contributed by atoms with van der Waals surface area (Å²) >= 11 is 0. The lowest BCUT2D eigenvalue weighted by atomic mass is 9.87. The summed E-state index contributed by atoms with van der Waals surface area (Å²) in [5.74, 6) is 0.394. The van der Waals surface area contributed by atoms with Crippen molar-refractivity contribution in [1.82, 2.24) is 4.90 Å². The van der Waals surface area contributed by atoms with Crippen molar-refractivity contribution in [3.63, 3.8) is 0 Å². The first-order chi connectivity index (χ1) is 8.07. The van der Waals surface area contributed by atoms with Gasteiger partial charge in [0.15, 0.2) is 0 Å². The first-order valence-electron chi connectivity index (χ1n) is 7.01. The summed E-state index contributed by atoms with van der Waals surface area (Å²) in [7, 11) is 0. The van der Waals surface area contributed by atoms with Crippen LogP contribution in [0.5, 0.6) is 0 Å². The van der Waals surface area contributed by atoms with Crippen LogP contribution >= 0.6 is 0 Å². The Balaban J connectivity index is 2.47. The summed E-state index contributed by atoms with van der Waals surface area (Å²) in [4.78, 5) is 2.50. The van der Waals surface area contributed by atoms with Crippen molar-refractivity contribution in [1.29, 1.82) is 5.26 Å². The van der Waals surface area contributed by atoms with Crippen molar-refractivity contribution >= 4 is 0 Å². The van der Waals surface area contributed by atoms with E-state index in [-0.39, 0.29) is 0 Å². The molecule has 0 aromatic heterocycles. The lowest BCUT2D eigenvalue weighted by molar-refractivity contribution is 0.191. The highest BCUT2D eigenvalue weighted by atomic mass is 15.1. The molecular formula is C14H27N3. The van der Waals surface area contributed by atoms with Gasteiger partial charge in [-0.1, -0.05) is 20.3 Å². The fraction of sp³-hybridized carbons (Fsp3) is 0.929. The zero-order valence-corrected chi connectivity index (χ0v) is 11.6. The van der Waals surface area contributed by atoms with Crippen molar-refractivity contribution < 1.29 is 0 Å². The summed E-state index contributed by atoms with van der Waals surface area (Å²) in [5.41, 5.74) is 5.61. The number of hydrogen-bond donors (Lipinski definition) is 1. The molecule has 1 rings (SSSR count). The largest absolute Gasteiger partial charge is 0.313 e. The van der Waals surface area contributed by atoms with Crippen LogP contribution in [-0.2, 0) is 0 Å². The fourth-order valence-electron chi connectivity index (χ4n) is 2.92. The van der Waals surface area contributed by atoms with E-state index in [1.54, 1.807) is 0 Å².